The van der Waals surface area contributed by atoms with Gasteiger partial charge >= 0.3 is 12.1 Å². The number of oxime groups is 1. The first-order valence-electron chi connectivity index (χ1n) is 12.7. The van der Waals surface area contributed by atoms with Crippen LogP contribution in [0.4, 0.5) is 4.79 Å². The fourth-order valence-corrected chi connectivity index (χ4v) is 5.46. The lowest BCUT2D eigenvalue weighted by atomic mass is 9.91. The number of hydroxylamine groups is 1. The monoisotopic (exact) mass is 486 g/mol. The molecule has 0 spiro atoms. The summed E-state index contributed by atoms with van der Waals surface area (Å²) in [6, 6.07) is 11.2. The lowest BCUT2D eigenvalue weighted by Gasteiger charge is -2.44. The number of benzene rings is 1. The smallest absolute Gasteiger partial charge is 0.443 e. The van der Waals surface area contributed by atoms with Gasteiger partial charge in [-0.3, -0.25) is 9.73 Å². The number of amides is 1. The van der Waals surface area contributed by atoms with Crippen LogP contribution in [-0.2, 0) is 25.8 Å². The van der Waals surface area contributed by atoms with Gasteiger partial charge in [0.2, 0.25) is 0 Å². The Morgan fingerprint density at radius 1 is 1.03 bits per heavy atom. The molecule has 2 bridgehead atoms. The lowest BCUT2D eigenvalue weighted by Crippen LogP contribution is -2.52. The van der Waals surface area contributed by atoms with Crippen molar-refractivity contribution in [2.45, 2.75) is 89.6 Å². The third-order valence-electron chi connectivity index (χ3n) is 7.13. The van der Waals surface area contributed by atoms with Gasteiger partial charge in [0.15, 0.2) is 0 Å². The molecule has 0 unspecified atom stereocenters. The minimum atomic E-state index is -0.663. The van der Waals surface area contributed by atoms with Crippen LogP contribution >= 0.6 is 0 Å². The van der Waals surface area contributed by atoms with E-state index < -0.39 is 11.7 Å². The average Bonchev–Trinajstić information content (AvgIpc) is 3.06. The van der Waals surface area contributed by atoms with Crippen molar-refractivity contribution in [2.75, 3.05) is 13.1 Å². The molecule has 192 valence electrons. The number of ether oxygens (including phenoxy) is 2. The molecule has 9 heteroatoms. The van der Waals surface area contributed by atoms with Crippen LogP contribution in [0.3, 0.4) is 0 Å². The Kier molecular flexibility index (Phi) is 8.15. The summed E-state index contributed by atoms with van der Waals surface area (Å²) >= 11 is 0. The molecule has 1 aromatic carbocycles. The molecule has 3 aliphatic rings. The van der Waals surface area contributed by atoms with E-state index in [1.165, 1.54) is 0 Å². The van der Waals surface area contributed by atoms with Gasteiger partial charge < -0.3 is 19.3 Å². The third-order valence-corrected chi connectivity index (χ3v) is 7.13. The summed E-state index contributed by atoms with van der Waals surface area (Å²) in [5.41, 5.74) is 2.62. The maximum Gasteiger partial charge on any atom is 0.443 e. The predicted molar refractivity (Wildman–Crippen MR) is 131 cm³/mol. The van der Waals surface area contributed by atoms with Crippen LogP contribution in [0.1, 0.15) is 64.9 Å². The summed E-state index contributed by atoms with van der Waals surface area (Å²) in [6.45, 7) is 7.59. The Balaban J connectivity index is 1.18. The van der Waals surface area contributed by atoms with Crippen LogP contribution in [0.15, 0.2) is 35.5 Å². The molecule has 3 fully saturated rings. The topological polar surface area (TPSA) is 92.7 Å². The summed E-state index contributed by atoms with van der Waals surface area (Å²) in [5, 5.41) is 3.94. The number of esters is 1. The third kappa shape index (κ3) is 7.10. The summed E-state index contributed by atoms with van der Waals surface area (Å²) in [4.78, 5) is 34.0. The molecular formula is C26H38N4O5. The van der Waals surface area contributed by atoms with Crippen LogP contribution in [0.2, 0.25) is 0 Å². The molecule has 1 aromatic rings. The summed E-state index contributed by atoms with van der Waals surface area (Å²) < 4.78 is 10.7. The fraction of sp³-hybridized carbons (Fsp3) is 0.654. The molecular weight excluding hydrogens is 448 g/mol. The van der Waals surface area contributed by atoms with Crippen molar-refractivity contribution in [1.29, 1.82) is 0 Å². The van der Waals surface area contributed by atoms with Crippen molar-refractivity contribution in [3.63, 3.8) is 0 Å². The summed E-state index contributed by atoms with van der Waals surface area (Å²) in [7, 11) is 0. The molecule has 0 aliphatic carbocycles. The zero-order valence-corrected chi connectivity index (χ0v) is 21.0. The molecule has 2 atom stereocenters. The van der Waals surface area contributed by atoms with Gasteiger partial charge in [-0.15, -0.1) is 5.48 Å². The number of hydrogen-bond donors (Lipinski definition) is 1. The largest absolute Gasteiger partial charge is 0.461 e. The zero-order chi connectivity index (χ0) is 24.8. The number of piperidine rings is 2. The number of hydrogen-bond acceptors (Lipinski definition) is 7. The van der Waals surface area contributed by atoms with Crippen molar-refractivity contribution >= 4 is 18.4 Å². The lowest BCUT2D eigenvalue weighted by molar-refractivity contribution is -0.151. The van der Waals surface area contributed by atoms with Crippen molar-refractivity contribution in [3.05, 3.63) is 35.9 Å². The van der Waals surface area contributed by atoms with Crippen LogP contribution in [0.5, 0.6) is 0 Å². The van der Waals surface area contributed by atoms with E-state index in [0.29, 0.717) is 24.7 Å². The first-order valence-corrected chi connectivity index (χ1v) is 12.7. The SMILES string of the molecule is CC(C)(C)OC(=O)NO/N=C\N1[C@@H]2CC[C@@H]1CC(N1CCC(C(=O)OCc3ccccc3)CC1)C2. The number of rotatable bonds is 7. The highest BCUT2D eigenvalue weighted by Gasteiger charge is 2.42. The van der Waals surface area contributed by atoms with E-state index in [9.17, 15) is 9.59 Å². The molecule has 0 saturated carbocycles. The number of fused-ring (bicyclic) bond motifs is 2. The van der Waals surface area contributed by atoms with Gasteiger partial charge in [0.05, 0.1) is 5.92 Å². The molecule has 0 aromatic heterocycles. The molecule has 1 amide bonds. The number of nitrogens with zero attached hydrogens (tertiary/aromatic N) is 3. The second-order valence-corrected chi connectivity index (χ2v) is 10.8. The number of likely N-dealkylation sites (tertiary alicyclic amines) is 1. The second kappa shape index (κ2) is 11.3. The van der Waals surface area contributed by atoms with E-state index in [4.69, 9.17) is 14.4 Å². The van der Waals surface area contributed by atoms with Gasteiger partial charge in [-0.1, -0.05) is 30.3 Å². The summed E-state index contributed by atoms with van der Waals surface area (Å²) in [6.07, 6.45) is 7.16. The van der Waals surface area contributed by atoms with Gasteiger partial charge in [-0.2, -0.15) is 0 Å². The van der Waals surface area contributed by atoms with Gasteiger partial charge in [0, 0.05) is 18.1 Å². The van der Waals surface area contributed by atoms with Crippen LogP contribution < -0.4 is 5.48 Å². The Morgan fingerprint density at radius 2 is 1.69 bits per heavy atom. The normalized spacial score (nSPS) is 25.5. The first-order chi connectivity index (χ1) is 16.8. The Hall–Kier alpha value is -2.81. The quantitative estimate of drug-likeness (QED) is 0.271. The van der Waals surface area contributed by atoms with Gasteiger partial charge in [0.25, 0.3) is 0 Å². The maximum atomic E-state index is 12.5. The zero-order valence-electron chi connectivity index (χ0n) is 21.0. The molecule has 3 saturated heterocycles. The molecule has 3 heterocycles. The standard InChI is InChI=1S/C26H38N4O5/c1-26(2,3)34-25(32)28-35-27-18-30-21-9-10-22(30)16-23(15-21)29-13-11-20(12-14-29)24(31)33-17-19-7-5-4-6-8-19/h4-8,18,20-23H,9-17H2,1-3H3,(H,28,32)/b27-18-/t21-,22-/m1/s1. The highest BCUT2D eigenvalue weighted by atomic mass is 16.8. The van der Waals surface area contributed by atoms with E-state index in [1.54, 1.807) is 27.1 Å². The van der Waals surface area contributed by atoms with E-state index in [0.717, 1.165) is 57.2 Å². The highest BCUT2D eigenvalue weighted by Crippen LogP contribution is 2.37. The molecule has 0 radical (unpaired) electrons. The van der Waals surface area contributed by atoms with Gasteiger partial charge in [0.1, 0.15) is 18.5 Å². The maximum absolute atomic E-state index is 12.5. The molecule has 9 nitrogen and oxygen atoms in total. The van der Waals surface area contributed by atoms with E-state index in [2.05, 4.69) is 20.4 Å². The van der Waals surface area contributed by atoms with E-state index in [1.807, 2.05) is 30.3 Å². The molecule has 1 N–H and O–H groups in total. The van der Waals surface area contributed by atoms with Crippen molar-refractivity contribution in [3.8, 4) is 0 Å². The molecule has 4 rings (SSSR count). The molecule has 35 heavy (non-hydrogen) atoms. The predicted octanol–water partition coefficient (Wildman–Crippen LogP) is 3.84. The Morgan fingerprint density at radius 3 is 2.31 bits per heavy atom. The van der Waals surface area contributed by atoms with E-state index in [-0.39, 0.29) is 11.9 Å². The minimum Gasteiger partial charge on any atom is -0.461 e. The number of carbonyl (C=O) groups excluding carboxylic acids is 2. The highest BCUT2D eigenvalue weighted by molar-refractivity contribution is 5.72. The van der Waals surface area contributed by atoms with E-state index >= 15 is 0 Å². The van der Waals surface area contributed by atoms with Crippen molar-refractivity contribution in [2.24, 2.45) is 11.1 Å². The summed E-state index contributed by atoms with van der Waals surface area (Å²) in [5.74, 6) is -0.0758. The van der Waals surface area contributed by atoms with Gasteiger partial charge in [-0.25, -0.2) is 4.79 Å². The van der Waals surface area contributed by atoms with Crippen molar-refractivity contribution in [1.82, 2.24) is 15.3 Å². The Bertz CT molecular complexity index is 865. The first kappa shape index (κ1) is 25.3. The van der Waals surface area contributed by atoms with Crippen molar-refractivity contribution < 1.29 is 24.0 Å². The fourth-order valence-electron chi connectivity index (χ4n) is 5.46. The van der Waals surface area contributed by atoms with Gasteiger partial charge in [-0.05, 0) is 83.1 Å². The molecule has 3 aliphatic heterocycles. The minimum absolute atomic E-state index is 0.00599. The van der Waals surface area contributed by atoms with Crippen LogP contribution in [0, 0.1) is 5.92 Å². The number of carbonyl (C=O) groups is 2. The average molecular weight is 487 g/mol. The number of nitrogens with one attached hydrogen (secondary N) is 1. The van der Waals surface area contributed by atoms with Crippen LogP contribution in [0.25, 0.3) is 0 Å². The Labute approximate surface area is 207 Å². The second-order valence-electron chi connectivity index (χ2n) is 10.8. The van der Waals surface area contributed by atoms with Crippen LogP contribution in [-0.4, -0.2) is 65.0 Å².